The third kappa shape index (κ3) is 4.60. The van der Waals surface area contributed by atoms with Crippen LogP contribution in [0.5, 0.6) is 5.75 Å². The zero-order valence-electron chi connectivity index (χ0n) is 15.2. The molecule has 2 aromatic carbocycles. The molecule has 0 bridgehead atoms. The summed E-state index contributed by atoms with van der Waals surface area (Å²) in [4.78, 5) is 12.6. The molecule has 150 valence electrons. The van der Waals surface area contributed by atoms with Crippen molar-refractivity contribution in [3.63, 3.8) is 0 Å². The number of rotatable bonds is 6. The van der Waals surface area contributed by atoms with Crippen molar-refractivity contribution in [1.82, 2.24) is 4.31 Å². The van der Waals surface area contributed by atoms with Gasteiger partial charge >= 0.3 is 0 Å². The second-order valence-electron chi connectivity index (χ2n) is 6.32. The number of sulfonamides is 1. The van der Waals surface area contributed by atoms with E-state index in [1.54, 1.807) is 19.1 Å². The first-order valence-electron chi connectivity index (χ1n) is 8.85. The average Bonchev–Trinajstić information content (AvgIpc) is 3.18. The average molecular weight is 443 g/mol. The lowest BCUT2D eigenvalue weighted by Gasteiger charge is -2.19. The van der Waals surface area contributed by atoms with E-state index in [0.29, 0.717) is 35.4 Å². The molecule has 0 unspecified atom stereocenters. The lowest BCUT2D eigenvalue weighted by molar-refractivity contribution is 0.102. The van der Waals surface area contributed by atoms with Gasteiger partial charge in [0.1, 0.15) is 10.6 Å². The molecule has 9 heteroatoms. The van der Waals surface area contributed by atoms with Gasteiger partial charge in [0.05, 0.1) is 6.61 Å². The van der Waals surface area contributed by atoms with E-state index in [1.165, 1.54) is 28.6 Å². The molecule has 1 heterocycles. The second-order valence-corrected chi connectivity index (χ2v) is 9.10. The van der Waals surface area contributed by atoms with Crippen LogP contribution >= 0.6 is 23.2 Å². The topological polar surface area (TPSA) is 75.7 Å². The Hall–Kier alpha value is -1.80. The molecule has 0 aromatic heterocycles. The second kappa shape index (κ2) is 8.69. The molecule has 2 aromatic rings. The van der Waals surface area contributed by atoms with Gasteiger partial charge in [-0.05, 0) is 56.2 Å². The van der Waals surface area contributed by atoms with Gasteiger partial charge in [-0.1, -0.05) is 23.2 Å². The highest BCUT2D eigenvalue weighted by Gasteiger charge is 2.30. The van der Waals surface area contributed by atoms with Gasteiger partial charge in [0, 0.05) is 34.4 Å². The van der Waals surface area contributed by atoms with Crippen molar-refractivity contribution in [2.45, 2.75) is 24.7 Å². The molecule has 1 fully saturated rings. The van der Waals surface area contributed by atoms with Gasteiger partial charge in [0.2, 0.25) is 10.0 Å². The first-order valence-corrected chi connectivity index (χ1v) is 11.1. The first-order chi connectivity index (χ1) is 13.3. The fourth-order valence-electron chi connectivity index (χ4n) is 3.02. The number of nitrogens with one attached hydrogen (secondary N) is 1. The number of anilines is 1. The van der Waals surface area contributed by atoms with Crippen molar-refractivity contribution in [3.8, 4) is 5.75 Å². The summed E-state index contributed by atoms with van der Waals surface area (Å²) in [5.41, 5.74) is 0.609. The molecule has 1 saturated heterocycles. The molecular weight excluding hydrogens is 423 g/mol. The van der Waals surface area contributed by atoms with E-state index in [2.05, 4.69) is 5.32 Å². The Morgan fingerprint density at radius 1 is 1.11 bits per heavy atom. The van der Waals surface area contributed by atoms with Crippen LogP contribution in [0.2, 0.25) is 10.0 Å². The van der Waals surface area contributed by atoms with Crippen molar-refractivity contribution < 1.29 is 17.9 Å². The number of benzene rings is 2. The van der Waals surface area contributed by atoms with Crippen molar-refractivity contribution in [1.29, 1.82) is 0 Å². The van der Waals surface area contributed by atoms with E-state index in [-0.39, 0.29) is 16.2 Å². The molecule has 1 aliphatic heterocycles. The minimum Gasteiger partial charge on any atom is -0.492 e. The van der Waals surface area contributed by atoms with Crippen LogP contribution in [-0.2, 0) is 10.0 Å². The monoisotopic (exact) mass is 442 g/mol. The van der Waals surface area contributed by atoms with Gasteiger partial charge in [-0.15, -0.1) is 0 Å². The fourth-order valence-corrected chi connectivity index (χ4v) is 5.22. The summed E-state index contributed by atoms with van der Waals surface area (Å²) in [5.74, 6) is -0.184. The number of hydrogen-bond donors (Lipinski definition) is 1. The first kappa shape index (κ1) is 20.9. The molecule has 0 radical (unpaired) electrons. The summed E-state index contributed by atoms with van der Waals surface area (Å²) >= 11 is 11.9. The van der Waals surface area contributed by atoms with Gasteiger partial charge in [-0.25, -0.2) is 8.42 Å². The van der Waals surface area contributed by atoms with Crippen LogP contribution in [-0.4, -0.2) is 38.3 Å². The number of nitrogens with zero attached hydrogens (tertiary/aromatic N) is 1. The summed E-state index contributed by atoms with van der Waals surface area (Å²) in [6.45, 7) is 3.07. The third-order valence-corrected chi connectivity index (χ3v) is 6.67. The number of amides is 1. The lowest BCUT2D eigenvalue weighted by atomic mass is 10.2. The Kier molecular flexibility index (Phi) is 6.50. The summed E-state index contributed by atoms with van der Waals surface area (Å²) in [6, 6.07) is 9.06. The normalized spacial score (nSPS) is 14.8. The van der Waals surface area contributed by atoms with Crippen molar-refractivity contribution in [3.05, 3.63) is 52.0 Å². The standard InChI is InChI=1S/C19H20Cl2N2O4S/c1-2-27-17-6-5-16(12-18(17)28(25,26)23-7-3-4-8-23)22-19(24)13-9-14(20)11-15(21)10-13/h5-6,9-12H,2-4,7-8H2,1H3,(H,22,24). The van der Waals surface area contributed by atoms with Gasteiger partial charge in [-0.3, -0.25) is 4.79 Å². The van der Waals surface area contributed by atoms with Gasteiger partial charge in [0.15, 0.2) is 0 Å². The van der Waals surface area contributed by atoms with Crippen LogP contribution in [0.15, 0.2) is 41.3 Å². The quantitative estimate of drug-likeness (QED) is 0.717. The Morgan fingerprint density at radius 2 is 1.75 bits per heavy atom. The van der Waals surface area contributed by atoms with E-state index in [0.717, 1.165) is 12.8 Å². The minimum absolute atomic E-state index is 0.0400. The summed E-state index contributed by atoms with van der Waals surface area (Å²) < 4.78 is 33.0. The van der Waals surface area contributed by atoms with Crippen LogP contribution in [0.1, 0.15) is 30.1 Å². The summed E-state index contributed by atoms with van der Waals surface area (Å²) in [5, 5.41) is 3.36. The number of hydrogen-bond acceptors (Lipinski definition) is 4. The molecule has 1 N–H and O–H groups in total. The molecule has 1 aliphatic rings. The number of ether oxygens (including phenoxy) is 1. The van der Waals surface area contributed by atoms with E-state index in [1.807, 2.05) is 0 Å². The molecule has 0 aliphatic carbocycles. The molecule has 1 amide bonds. The maximum absolute atomic E-state index is 13.0. The highest BCUT2D eigenvalue weighted by molar-refractivity contribution is 7.89. The number of carbonyl (C=O) groups excluding carboxylic acids is 1. The molecule has 0 spiro atoms. The van der Waals surface area contributed by atoms with Crippen LogP contribution in [0.25, 0.3) is 0 Å². The molecular formula is C19H20Cl2N2O4S. The number of halogens is 2. The van der Waals surface area contributed by atoms with E-state index >= 15 is 0 Å². The van der Waals surface area contributed by atoms with Crippen LogP contribution in [0, 0.1) is 0 Å². The number of carbonyl (C=O) groups is 1. The van der Waals surface area contributed by atoms with E-state index < -0.39 is 15.9 Å². The molecule has 0 atom stereocenters. The largest absolute Gasteiger partial charge is 0.492 e. The lowest BCUT2D eigenvalue weighted by Crippen LogP contribution is -2.28. The van der Waals surface area contributed by atoms with Crippen molar-refractivity contribution >= 4 is 44.8 Å². The molecule has 6 nitrogen and oxygen atoms in total. The van der Waals surface area contributed by atoms with Gasteiger partial charge in [-0.2, -0.15) is 4.31 Å². The van der Waals surface area contributed by atoms with Crippen molar-refractivity contribution in [2.24, 2.45) is 0 Å². The predicted octanol–water partition coefficient (Wildman–Crippen LogP) is 4.43. The van der Waals surface area contributed by atoms with Crippen LogP contribution < -0.4 is 10.1 Å². The van der Waals surface area contributed by atoms with Crippen LogP contribution in [0.3, 0.4) is 0 Å². The highest BCUT2D eigenvalue weighted by Crippen LogP contribution is 2.32. The predicted molar refractivity (Wildman–Crippen MR) is 110 cm³/mol. The molecule has 3 rings (SSSR count). The fraction of sp³-hybridized carbons (Fsp3) is 0.316. The van der Waals surface area contributed by atoms with E-state index in [4.69, 9.17) is 27.9 Å². The zero-order chi connectivity index (χ0) is 20.3. The summed E-state index contributed by atoms with van der Waals surface area (Å²) in [7, 11) is -3.71. The Labute approximate surface area is 174 Å². The van der Waals surface area contributed by atoms with Gasteiger partial charge < -0.3 is 10.1 Å². The minimum atomic E-state index is -3.71. The third-order valence-electron chi connectivity index (χ3n) is 4.31. The maximum Gasteiger partial charge on any atom is 0.255 e. The van der Waals surface area contributed by atoms with Crippen LogP contribution in [0.4, 0.5) is 5.69 Å². The van der Waals surface area contributed by atoms with Crippen molar-refractivity contribution in [2.75, 3.05) is 25.0 Å². The Bertz CT molecular complexity index is 969. The Balaban J connectivity index is 1.93. The van der Waals surface area contributed by atoms with Gasteiger partial charge in [0.25, 0.3) is 5.91 Å². The smallest absolute Gasteiger partial charge is 0.255 e. The highest BCUT2D eigenvalue weighted by atomic mass is 35.5. The molecule has 0 saturated carbocycles. The summed E-state index contributed by atoms with van der Waals surface area (Å²) in [6.07, 6.45) is 1.66. The molecule has 28 heavy (non-hydrogen) atoms. The SMILES string of the molecule is CCOc1ccc(NC(=O)c2cc(Cl)cc(Cl)c2)cc1S(=O)(=O)N1CCCC1. The zero-order valence-corrected chi connectivity index (χ0v) is 17.6. The maximum atomic E-state index is 13.0. The Morgan fingerprint density at radius 3 is 2.36 bits per heavy atom. The van der Waals surface area contributed by atoms with E-state index in [9.17, 15) is 13.2 Å².